The Kier molecular flexibility index (Phi) is 4.92. The summed E-state index contributed by atoms with van der Waals surface area (Å²) in [6.07, 6.45) is 1.22. The van der Waals surface area contributed by atoms with Gasteiger partial charge >= 0.3 is 0 Å². The number of benzene rings is 1. The smallest absolute Gasteiger partial charge is 0.269 e. The second-order valence-electron chi connectivity index (χ2n) is 6.24. The van der Waals surface area contributed by atoms with Crippen molar-refractivity contribution in [2.75, 3.05) is 19.6 Å². The topological polar surface area (TPSA) is 95.2 Å². The van der Waals surface area contributed by atoms with E-state index in [-0.39, 0.29) is 17.4 Å². The standard InChI is InChI=1S/C17H21FN4O2/c18-13-5-1-3-11(7-13)16(23)10-22-6-2-4-12(9-22)14-8-15(17(19)24)21-20-14/h1,3,5,7-8,12,16,23H,2,4,6,9-10H2,(H2,19,24)(H,20,21)/t12-,16-/m0/s1. The summed E-state index contributed by atoms with van der Waals surface area (Å²) in [5.41, 5.74) is 6.93. The summed E-state index contributed by atoms with van der Waals surface area (Å²) in [5.74, 6) is -0.690. The maximum absolute atomic E-state index is 13.3. The lowest BCUT2D eigenvalue weighted by Gasteiger charge is -2.33. The normalized spacial score (nSPS) is 20.0. The molecule has 1 fully saturated rings. The molecule has 1 aliphatic heterocycles. The van der Waals surface area contributed by atoms with Gasteiger partial charge in [0.1, 0.15) is 11.5 Å². The lowest BCUT2D eigenvalue weighted by Crippen LogP contribution is -2.37. The molecule has 0 bridgehead atoms. The number of β-amino-alcohol motifs (C(OH)–C–C–N with tert-alkyl or cyclic N) is 1. The third-order valence-corrected chi connectivity index (χ3v) is 4.46. The second kappa shape index (κ2) is 7.11. The number of aromatic nitrogens is 2. The molecule has 1 saturated heterocycles. The van der Waals surface area contributed by atoms with Gasteiger partial charge in [-0.2, -0.15) is 5.10 Å². The Hall–Kier alpha value is -2.25. The molecule has 7 heteroatoms. The molecule has 2 heterocycles. The fraction of sp³-hybridized carbons (Fsp3) is 0.412. The highest BCUT2D eigenvalue weighted by Gasteiger charge is 2.25. The van der Waals surface area contributed by atoms with E-state index in [0.717, 1.165) is 31.6 Å². The zero-order valence-electron chi connectivity index (χ0n) is 13.3. The van der Waals surface area contributed by atoms with E-state index < -0.39 is 12.0 Å². The fourth-order valence-corrected chi connectivity index (χ4v) is 3.21. The molecule has 3 rings (SSSR count). The highest BCUT2D eigenvalue weighted by molar-refractivity contribution is 5.90. The minimum atomic E-state index is -0.734. The first kappa shape index (κ1) is 16.6. The number of carbonyl (C=O) groups excluding carboxylic acids is 1. The number of carbonyl (C=O) groups is 1. The van der Waals surface area contributed by atoms with Crippen LogP contribution < -0.4 is 5.73 Å². The Morgan fingerprint density at radius 1 is 1.50 bits per heavy atom. The number of aliphatic hydroxyl groups excluding tert-OH is 1. The number of H-pyrrole nitrogens is 1. The Morgan fingerprint density at radius 3 is 3.04 bits per heavy atom. The van der Waals surface area contributed by atoms with Crippen LogP contribution in [0, 0.1) is 5.82 Å². The van der Waals surface area contributed by atoms with Crippen molar-refractivity contribution in [1.82, 2.24) is 15.1 Å². The third kappa shape index (κ3) is 3.80. The van der Waals surface area contributed by atoms with E-state index in [2.05, 4.69) is 15.1 Å². The van der Waals surface area contributed by atoms with Gasteiger partial charge in [0.2, 0.25) is 0 Å². The van der Waals surface area contributed by atoms with Crippen LogP contribution in [0.3, 0.4) is 0 Å². The van der Waals surface area contributed by atoms with Crippen molar-refractivity contribution < 1.29 is 14.3 Å². The zero-order chi connectivity index (χ0) is 17.1. The summed E-state index contributed by atoms with van der Waals surface area (Å²) in [6.45, 7) is 2.06. The minimum absolute atomic E-state index is 0.207. The third-order valence-electron chi connectivity index (χ3n) is 4.46. The lowest BCUT2D eigenvalue weighted by molar-refractivity contribution is 0.0948. The minimum Gasteiger partial charge on any atom is -0.387 e. The van der Waals surface area contributed by atoms with Crippen LogP contribution in [-0.2, 0) is 0 Å². The zero-order valence-corrected chi connectivity index (χ0v) is 13.3. The number of halogens is 1. The number of hydrogen-bond donors (Lipinski definition) is 3. The molecule has 1 aliphatic rings. The SMILES string of the molecule is NC(=O)c1cc([C@H]2CCCN(C[C@H](O)c3cccc(F)c3)C2)[nH]n1. The summed E-state index contributed by atoms with van der Waals surface area (Å²) in [5, 5.41) is 17.1. The average Bonchev–Trinajstić information content (AvgIpc) is 3.05. The van der Waals surface area contributed by atoms with Crippen molar-refractivity contribution >= 4 is 5.91 Å². The van der Waals surface area contributed by atoms with Crippen molar-refractivity contribution in [3.05, 3.63) is 53.1 Å². The monoisotopic (exact) mass is 332 g/mol. The fourth-order valence-electron chi connectivity index (χ4n) is 3.21. The maximum atomic E-state index is 13.3. The average molecular weight is 332 g/mol. The number of nitrogens with zero attached hydrogens (tertiary/aromatic N) is 2. The van der Waals surface area contributed by atoms with Crippen molar-refractivity contribution in [2.24, 2.45) is 5.73 Å². The molecule has 6 nitrogen and oxygen atoms in total. The Bertz CT molecular complexity index is 718. The van der Waals surface area contributed by atoms with E-state index >= 15 is 0 Å². The van der Waals surface area contributed by atoms with Crippen molar-refractivity contribution in [3.63, 3.8) is 0 Å². The molecule has 0 radical (unpaired) electrons. The number of nitrogens with two attached hydrogens (primary N) is 1. The Labute approximate surface area is 139 Å². The Morgan fingerprint density at radius 2 is 2.33 bits per heavy atom. The van der Waals surface area contributed by atoms with Gasteiger partial charge in [0.25, 0.3) is 5.91 Å². The van der Waals surface area contributed by atoms with Gasteiger partial charge in [0, 0.05) is 24.7 Å². The number of aliphatic hydroxyl groups is 1. The molecule has 2 atom stereocenters. The molecule has 1 aromatic heterocycles. The highest BCUT2D eigenvalue weighted by Crippen LogP contribution is 2.27. The number of piperidine rings is 1. The van der Waals surface area contributed by atoms with Crippen LogP contribution in [0.5, 0.6) is 0 Å². The molecule has 128 valence electrons. The molecule has 24 heavy (non-hydrogen) atoms. The molecule has 0 aliphatic carbocycles. The highest BCUT2D eigenvalue weighted by atomic mass is 19.1. The molecular formula is C17H21FN4O2. The number of aromatic amines is 1. The predicted octanol–water partition coefficient (Wildman–Crippen LogP) is 1.56. The number of hydrogen-bond acceptors (Lipinski definition) is 4. The van der Waals surface area contributed by atoms with Gasteiger partial charge in [-0.15, -0.1) is 0 Å². The van der Waals surface area contributed by atoms with E-state index in [1.54, 1.807) is 18.2 Å². The van der Waals surface area contributed by atoms with E-state index in [0.29, 0.717) is 12.1 Å². The molecule has 1 aromatic carbocycles. The van der Waals surface area contributed by atoms with Gasteiger partial charge < -0.3 is 10.8 Å². The molecule has 4 N–H and O–H groups in total. The molecule has 0 spiro atoms. The summed E-state index contributed by atoms with van der Waals surface area (Å²) in [4.78, 5) is 13.3. The lowest BCUT2D eigenvalue weighted by atomic mass is 9.94. The molecule has 0 saturated carbocycles. The van der Waals surface area contributed by atoms with Crippen LogP contribution >= 0.6 is 0 Å². The van der Waals surface area contributed by atoms with Crippen LogP contribution in [0.25, 0.3) is 0 Å². The van der Waals surface area contributed by atoms with Crippen LogP contribution in [0.1, 0.15) is 46.6 Å². The number of nitrogens with one attached hydrogen (secondary N) is 1. The van der Waals surface area contributed by atoms with Crippen LogP contribution in [-0.4, -0.2) is 45.7 Å². The molecular weight excluding hydrogens is 311 g/mol. The van der Waals surface area contributed by atoms with Crippen molar-refractivity contribution in [2.45, 2.75) is 24.9 Å². The van der Waals surface area contributed by atoms with Crippen LogP contribution in [0.15, 0.2) is 30.3 Å². The molecule has 1 amide bonds. The molecule has 0 unspecified atom stereocenters. The second-order valence-corrected chi connectivity index (χ2v) is 6.24. The molecule has 2 aromatic rings. The first-order valence-electron chi connectivity index (χ1n) is 8.04. The van der Waals surface area contributed by atoms with E-state index in [4.69, 9.17) is 5.73 Å². The van der Waals surface area contributed by atoms with E-state index in [9.17, 15) is 14.3 Å². The van der Waals surface area contributed by atoms with Gasteiger partial charge in [0.15, 0.2) is 0 Å². The van der Waals surface area contributed by atoms with Crippen molar-refractivity contribution in [3.8, 4) is 0 Å². The summed E-state index contributed by atoms with van der Waals surface area (Å²) in [6, 6.07) is 7.74. The van der Waals surface area contributed by atoms with Crippen LogP contribution in [0.2, 0.25) is 0 Å². The summed E-state index contributed by atoms with van der Waals surface area (Å²) in [7, 11) is 0. The Balaban J connectivity index is 1.63. The van der Waals surface area contributed by atoms with Gasteiger partial charge in [-0.05, 0) is 43.1 Å². The first-order valence-corrected chi connectivity index (χ1v) is 8.04. The number of rotatable bonds is 5. The predicted molar refractivity (Wildman–Crippen MR) is 86.9 cm³/mol. The first-order chi connectivity index (χ1) is 11.5. The van der Waals surface area contributed by atoms with Crippen LogP contribution in [0.4, 0.5) is 4.39 Å². The van der Waals surface area contributed by atoms with Gasteiger partial charge in [0.05, 0.1) is 6.10 Å². The van der Waals surface area contributed by atoms with Gasteiger partial charge in [-0.3, -0.25) is 14.8 Å². The quantitative estimate of drug-likeness (QED) is 0.774. The van der Waals surface area contributed by atoms with Gasteiger partial charge in [-0.25, -0.2) is 4.39 Å². The maximum Gasteiger partial charge on any atom is 0.269 e. The van der Waals surface area contributed by atoms with Crippen molar-refractivity contribution in [1.29, 1.82) is 0 Å². The number of amides is 1. The van der Waals surface area contributed by atoms with E-state index in [1.807, 2.05) is 0 Å². The number of primary amides is 1. The largest absolute Gasteiger partial charge is 0.387 e. The number of likely N-dealkylation sites (tertiary alicyclic amines) is 1. The summed E-state index contributed by atoms with van der Waals surface area (Å²) < 4.78 is 13.3. The van der Waals surface area contributed by atoms with E-state index in [1.165, 1.54) is 12.1 Å². The summed E-state index contributed by atoms with van der Waals surface area (Å²) >= 11 is 0. The van der Waals surface area contributed by atoms with Gasteiger partial charge in [-0.1, -0.05) is 12.1 Å².